The Bertz CT molecular complexity index is 1540. The molecule has 8 nitrogen and oxygen atoms in total. The minimum atomic E-state index is -4.10. The summed E-state index contributed by atoms with van der Waals surface area (Å²) in [4.78, 5) is 29.9. The van der Waals surface area contributed by atoms with Crippen molar-refractivity contribution in [2.45, 2.75) is 35.0 Å². The fraction of sp³-hybridized carbons (Fsp3) is 0.286. The first-order chi connectivity index (χ1) is 18.3. The van der Waals surface area contributed by atoms with Gasteiger partial charge in [0.2, 0.25) is 9.84 Å². The Morgan fingerprint density at radius 3 is 2.34 bits per heavy atom. The van der Waals surface area contributed by atoms with Crippen molar-refractivity contribution < 1.29 is 31.9 Å². The molecule has 0 atom stereocenters. The van der Waals surface area contributed by atoms with Crippen LogP contribution in [0.4, 0.5) is 10.1 Å². The molecular weight excluding hydrogens is 511 g/mol. The van der Waals surface area contributed by atoms with E-state index in [2.05, 4.69) is 0 Å². The molecule has 0 aromatic heterocycles. The zero-order chi connectivity index (χ0) is 26.5. The molecule has 0 aliphatic carbocycles. The number of piperidine rings is 1. The molecular formula is C28H25FN2O6S. The van der Waals surface area contributed by atoms with Crippen molar-refractivity contribution in [2.75, 3.05) is 31.2 Å². The Balaban J connectivity index is 1.41. The van der Waals surface area contributed by atoms with E-state index >= 15 is 0 Å². The Labute approximate surface area is 219 Å². The smallest absolute Gasteiger partial charge is 0.259 e. The van der Waals surface area contributed by atoms with E-state index in [0.29, 0.717) is 39.1 Å². The van der Waals surface area contributed by atoms with Crippen LogP contribution in [0.3, 0.4) is 0 Å². The van der Waals surface area contributed by atoms with Gasteiger partial charge in [-0.1, -0.05) is 30.3 Å². The molecule has 3 aliphatic rings. The molecule has 2 fully saturated rings. The molecule has 0 N–H and O–H groups in total. The third-order valence-electron chi connectivity index (χ3n) is 7.35. The molecule has 0 radical (unpaired) electrons. The van der Waals surface area contributed by atoms with Gasteiger partial charge in [-0.05, 0) is 36.4 Å². The lowest BCUT2D eigenvalue weighted by molar-refractivity contribution is -0.181. The van der Waals surface area contributed by atoms with E-state index in [-0.39, 0.29) is 44.6 Å². The number of halogens is 1. The quantitative estimate of drug-likeness (QED) is 0.506. The van der Waals surface area contributed by atoms with Gasteiger partial charge in [0.25, 0.3) is 11.8 Å². The highest BCUT2D eigenvalue weighted by atomic mass is 32.2. The summed E-state index contributed by atoms with van der Waals surface area (Å²) in [5.41, 5.74) is 0.487. The number of sulfone groups is 1. The zero-order valence-corrected chi connectivity index (χ0v) is 21.2. The minimum absolute atomic E-state index is 0.00851. The SMILES string of the molecule is O=C(c1ccc2c(c1)N(Cc1ccccc1F)C(=O)c1ccccc1S2(=O)=O)N1CCC2(CC1)OCCO2. The van der Waals surface area contributed by atoms with Crippen LogP contribution in [0.1, 0.15) is 39.1 Å². The maximum Gasteiger partial charge on any atom is 0.259 e. The number of anilines is 1. The molecule has 0 bridgehead atoms. The fourth-order valence-corrected chi connectivity index (χ4v) is 6.94. The lowest BCUT2D eigenvalue weighted by Gasteiger charge is -2.37. The maximum atomic E-state index is 14.6. The molecule has 38 heavy (non-hydrogen) atoms. The van der Waals surface area contributed by atoms with E-state index in [1.54, 1.807) is 29.2 Å². The first kappa shape index (κ1) is 24.7. The van der Waals surface area contributed by atoms with Crippen molar-refractivity contribution in [1.29, 1.82) is 0 Å². The van der Waals surface area contributed by atoms with E-state index < -0.39 is 27.3 Å². The molecule has 10 heteroatoms. The molecule has 3 heterocycles. The molecule has 3 aromatic rings. The van der Waals surface area contributed by atoms with E-state index in [4.69, 9.17) is 9.47 Å². The molecule has 0 saturated carbocycles. The third kappa shape index (κ3) is 4.09. The predicted octanol–water partition coefficient (Wildman–Crippen LogP) is 3.80. The fourth-order valence-electron chi connectivity index (χ4n) is 5.31. The molecule has 0 unspecified atom stereocenters. The zero-order valence-electron chi connectivity index (χ0n) is 20.4. The van der Waals surface area contributed by atoms with Crippen LogP contribution in [0.25, 0.3) is 0 Å². The number of benzene rings is 3. The number of carbonyl (C=O) groups excluding carboxylic acids is 2. The van der Waals surface area contributed by atoms with Gasteiger partial charge in [0.1, 0.15) is 5.82 Å². The van der Waals surface area contributed by atoms with E-state index in [0.717, 1.165) is 0 Å². The second-order valence-electron chi connectivity index (χ2n) is 9.56. The lowest BCUT2D eigenvalue weighted by atomic mass is 10.0. The van der Waals surface area contributed by atoms with Crippen LogP contribution in [0, 0.1) is 5.82 Å². The van der Waals surface area contributed by atoms with E-state index in [1.807, 2.05) is 0 Å². The maximum absolute atomic E-state index is 14.6. The Morgan fingerprint density at radius 1 is 0.921 bits per heavy atom. The van der Waals surface area contributed by atoms with Gasteiger partial charge in [-0.25, -0.2) is 12.8 Å². The molecule has 3 aliphatic heterocycles. The van der Waals surface area contributed by atoms with Crippen molar-refractivity contribution in [2.24, 2.45) is 0 Å². The van der Waals surface area contributed by atoms with Crippen LogP contribution < -0.4 is 4.90 Å². The van der Waals surface area contributed by atoms with Gasteiger partial charge in [0.15, 0.2) is 5.79 Å². The minimum Gasteiger partial charge on any atom is -0.347 e. The molecule has 2 saturated heterocycles. The number of hydrogen-bond acceptors (Lipinski definition) is 6. The number of rotatable bonds is 3. The summed E-state index contributed by atoms with van der Waals surface area (Å²) in [6.07, 6.45) is 1.07. The number of likely N-dealkylation sites (tertiary alicyclic amines) is 1. The Morgan fingerprint density at radius 2 is 1.61 bits per heavy atom. The number of hydrogen-bond donors (Lipinski definition) is 0. The summed E-state index contributed by atoms with van der Waals surface area (Å²) >= 11 is 0. The monoisotopic (exact) mass is 536 g/mol. The molecule has 196 valence electrons. The van der Waals surface area contributed by atoms with E-state index in [1.165, 1.54) is 47.4 Å². The summed E-state index contributed by atoms with van der Waals surface area (Å²) in [6, 6.07) is 16.2. The largest absolute Gasteiger partial charge is 0.347 e. The average molecular weight is 537 g/mol. The summed E-state index contributed by atoms with van der Waals surface area (Å²) in [5.74, 6) is -2.05. The van der Waals surface area contributed by atoms with Crippen LogP contribution in [-0.2, 0) is 25.9 Å². The Hall–Kier alpha value is -3.60. The molecule has 3 aromatic carbocycles. The Kier molecular flexibility index (Phi) is 6.05. The van der Waals surface area contributed by atoms with Gasteiger partial charge < -0.3 is 19.3 Å². The molecule has 6 rings (SSSR count). The van der Waals surface area contributed by atoms with Crippen LogP contribution in [0.5, 0.6) is 0 Å². The van der Waals surface area contributed by atoms with Gasteiger partial charge >= 0.3 is 0 Å². The lowest BCUT2D eigenvalue weighted by Crippen LogP contribution is -2.47. The second kappa shape index (κ2) is 9.30. The van der Waals surface area contributed by atoms with Gasteiger partial charge in [-0.15, -0.1) is 0 Å². The predicted molar refractivity (Wildman–Crippen MR) is 135 cm³/mol. The average Bonchev–Trinajstić information content (AvgIpc) is 3.37. The number of carbonyl (C=O) groups is 2. The number of ether oxygens (including phenoxy) is 2. The molecule has 2 amide bonds. The second-order valence-corrected chi connectivity index (χ2v) is 11.5. The highest BCUT2D eigenvalue weighted by molar-refractivity contribution is 7.91. The normalized spacial score (nSPS) is 19.7. The van der Waals surface area contributed by atoms with Crippen molar-refractivity contribution >= 4 is 27.3 Å². The summed E-state index contributed by atoms with van der Waals surface area (Å²) < 4.78 is 53.5. The van der Waals surface area contributed by atoms with Gasteiger partial charge in [0, 0.05) is 37.1 Å². The van der Waals surface area contributed by atoms with Gasteiger partial charge in [-0.2, -0.15) is 0 Å². The van der Waals surface area contributed by atoms with E-state index in [9.17, 15) is 22.4 Å². The van der Waals surface area contributed by atoms with Crippen molar-refractivity contribution in [3.05, 3.63) is 89.2 Å². The van der Waals surface area contributed by atoms with Crippen LogP contribution in [0.2, 0.25) is 0 Å². The topological polar surface area (TPSA) is 93.2 Å². The van der Waals surface area contributed by atoms with Crippen molar-refractivity contribution in [3.63, 3.8) is 0 Å². The van der Waals surface area contributed by atoms with Crippen LogP contribution in [-0.4, -0.2) is 57.2 Å². The van der Waals surface area contributed by atoms with Gasteiger partial charge in [-0.3, -0.25) is 9.59 Å². The highest BCUT2D eigenvalue weighted by Crippen LogP contribution is 2.39. The standard InChI is InChI=1S/C28H25FN2O6S/c29-22-7-3-1-5-20(22)18-31-23-17-19(26(32)30-13-11-28(12-14-30)36-15-16-37-28)9-10-25(23)38(34,35)24-8-4-2-6-21(24)27(31)33/h1-10,17H,11-16,18H2. The summed E-state index contributed by atoms with van der Waals surface area (Å²) in [7, 11) is -4.10. The third-order valence-corrected chi connectivity index (χ3v) is 9.21. The number of nitrogens with zero attached hydrogens (tertiary/aromatic N) is 2. The first-order valence-corrected chi connectivity index (χ1v) is 13.9. The van der Waals surface area contributed by atoms with Crippen LogP contribution >= 0.6 is 0 Å². The van der Waals surface area contributed by atoms with Gasteiger partial charge in [0.05, 0.1) is 40.8 Å². The van der Waals surface area contributed by atoms with Crippen molar-refractivity contribution in [1.82, 2.24) is 4.90 Å². The highest BCUT2D eigenvalue weighted by Gasteiger charge is 2.41. The first-order valence-electron chi connectivity index (χ1n) is 12.4. The summed E-state index contributed by atoms with van der Waals surface area (Å²) in [6.45, 7) is 1.68. The van der Waals surface area contributed by atoms with Crippen LogP contribution in [0.15, 0.2) is 76.5 Å². The number of fused-ring (bicyclic) bond motifs is 2. The summed E-state index contributed by atoms with van der Waals surface area (Å²) in [5, 5.41) is 0. The van der Waals surface area contributed by atoms with Crippen molar-refractivity contribution in [3.8, 4) is 0 Å². The number of amides is 2. The molecule has 1 spiro atoms.